The number of hydrogen-bond donors (Lipinski definition) is 1. The van der Waals surface area contributed by atoms with Gasteiger partial charge in [-0.1, -0.05) is 12.1 Å². The topological polar surface area (TPSA) is 65.8 Å². The first-order valence-electron chi connectivity index (χ1n) is 5.57. The van der Waals surface area contributed by atoms with Crippen molar-refractivity contribution in [2.75, 3.05) is 0 Å². The third kappa shape index (κ3) is 3.13. The molecule has 0 bridgehead atoms. The van der Waals surface area contributed by atoms with Gasteiger partial charge in [-0.2, -0.15) is 5.26 Å². The van der Waals surface area contributed by atoms with Gasteiger partial charge in [-0.25, -0.2) is 4.39 Å². The van der Waals surface area contributed by atoms with Crippen LogP contribution in [0.25, 0.3) is 0 Å². The molecule has 0 aliphatic rings. The van der Waals surface area contributed by atoms with E-state index in [1.54, 1.807) is 12.1 Å². The van der Waals surface area contributed by atoms with Gasteiger partial charge in [0.1, 0.15) is 11.9 Å². The van der Waals surface area contributed by atoms with Crippen molar-refractivity contribution in [3.8, 4) is 6.07 Å². The van der Waals surface area contributed by atoms with Gasteiger partial charge in [0.05, 0.1) is 11.1 Å². The lowest BCUT2D eigenvalue weighted by atomic mass is 10.1. The summed E-state index contributed by atoms with van der Waals surface area (Å²) in [7, 11) is 0. The van der Waals surface area contributed by atoms with Gasteiger partial charge in [0.2, 0.25) is 0 Å². The minimum absolute atomic E-state index is 0.229. The van der Waals surface area contributed by atoms with Crippen molar-refractivity contribution < 1.29 is 9.18 Å². The van der Waals surface area contributed by atoms with Crippen LogP contribution in [0, 0.1) is 17.1 Å². The summed E-state index contributed by atoms with van der Waals surface area (Å²) in [5, 5.41) is 11.5. The molecule has 1 aromatic heterocycles. The van der Waals surface area contributed by atoms with E-state index in [-0.39, 0.29) is 29.4 Å². The molecular weight excluding hydrogens is 245 g/mol. The number of nitrogens with one attached hydrogen (secondary N) is 1. The summed E-state index contributed by atoms with van der Waals surface area (Å²) in [6.45, 7) is 0.263. The molecule has 94 valence electrons. The Morgan fingerprint density at radius 2 is 2.05 bits per heavy atom. The highest BCUT2D eigenvalue weighted by molar-refractivity contribution is 5.96. The third-order valence-corrected chi connectivity index (χ3v) is 2.55. The number of rotatable bonds is 3. The van der Waals surface area contributed by atoms with Crippen LogP contribution < -0.4 is 5.32 Å². The smallest absolute Gasteiger partial charge is 0.254 e. The number of amides is 1. The molecule has 0 saturated heterocycles. The molecule has 5 heteroatoms. The van der Waals surface area contributed by atoms with Crippen LogP contribution in [-0.4, -0.2) is 10.9 Å². The molecule has 1 amide bonds. The molecule has 1 heterocycles. The Balaban J connectivity index is 2.06. The Kier molecular flexibility index (Phi) is 3.84. The van der Waals surface area contributed by atoms with Crippen LogP contribution in [0.5, 0.6) is 0 Å². The molecule has 0 aliphatic heterocycles. The molecule has 19 heavy (non-hydrogen) atoms. The van der Waals surface area contributed by atoms with Gasteiger partial charge >= 0.3 is 0 Å². The van der Waals surface area contributed by atoms with E-state index in [0.29, 0.717) is 0 Å². The molecule has 1 N–H and O–H groups in total. The second-order valence-corrected chi connectivity index (χ2v) is 3.84. The van der Waals surface area contributed by atoms with Crippen LogP contribution in [0.15, 0.2) is 42.7 Å². The summed E-state index contributed by atoms with van der Waals surface area (Å²) in [5.41, 5.74) is 1.27. The van der Waals surface area contributed by atoms with Crippen LogP contribution in [0.1, 0.15) is 21.5 Å². The Morgan fingerprint density at radius 3 is 2.74 bits per heavy atom. The second-order valence-electron chi connectivity index (χ2n) is 3.84. The lowest BCUT2D eigenvalue weighted by molar-refractivity contribution is 0.0950. The van der Waals surface area contributed by atoms with Gasteiger partial charge in [0.25, 0.3) is 5.91 Å². The first-order valence-corrected chi connectivity index (χ1v) is 5.57. The minimum Gasteiger partial charge on any atom is -0.348 e. The van der Waals surface area contributed by atoms with Gasteiger partial charge in [-0.05, 0) is 23.8 Å². The largest absolute Gasteiger partial charge is 0.348 e. The maximum atomic E-state index is 12.7. The molecule has 0 fully saturated rings. The number of halogens is 1. The van der Waals surface area contributed by atoms with Gasteiger partial charge in [-0.3, -0.25) is 9.78 Å². The Morgan fingerprint density at radius 1 is 1.32 bits per heavy atom. The summed E-state index contributed by atoms with van der Waals surface area (Å²) in [5.74, 6) is -0.705. The quantitative estimate of drug-likeness (QED) is 0.912. The molecule has 1 aromatic carbocycles. The van der Waals surface area contributed by atoms with E-state index < -0.39 is 0 Å². The number of carbonyl (C=O) groups is 1. The van der Waals surface area contributed by atoms with Crippen molar-refractivity contribution in [2.45, 2.75) is 6.54 Å². The maximum Gasteiger partial charge on any atom is 0.254 e. The highest BCUT2D eigenvalue weighted by atomic mass is 19.1. The van der Waals surface area contributed by atoms with E-state index in [9.17, 15) is 9.18 Å². The molecule has 0 unspecified atom stereocenters. The van der Waals surface area contributed by atoms with E-state index in [2.05, 4.69) is 10.3 Å². The average molecular weight is 255 g/mol. The normalized spacial score (nSPS) is 9.68. The number of nitriles is 1. The molecule has 2 rings (SSSR count). The van der Waals surface area contributed by atoms with Crippen molar-refractivity contribution in [3.63, 3.8) is 0 Å². The highest BCUT2D eigenvalue weighted by Gasteiger charge is 2.10. The summed E-state index contributed by atoms with van der Waals surface area (Å²) in [6.07, 6.45) is 2.80. The lowest BCUT2D eigenvalue weighted by Gasteiger charge is -2.06. The zero-order chi connectivity index (χ0) is 13.7. The fourth-order valence-corrected chi connectivity index (χ4v) is 1.55. The minimum atomic E-state index is -0.381. The van der Waals surface area contributed by atoms with Crippen molar-refractivity contribution in [2.24, 2.45) is 0 Å². The third-order valence-electron chi connectivity index (χ3n) is 2.55. The number of hydrogen-bond acceptors (Lipinski definition) is 3. The Bertz CT molecular complexity index is 632. The molecule has 0 radical (unpaired) electrons. The van der Waals surface area contributed by atoms with Gasteiger partial charge < -0.3 is 5.32 Å². The second kappa shape index (κ2) is 5.74. The number of aromatic nitrogens is 1. The zero-order valence-electron chi connectivity index (χ0n) is 9.93. The maximum absolute atomic E-state index is 12.7. The van der Waals surface area contributed by atoms with Crippen LogP contribution in [-0.2, 0) is 6.54 Å². The predicted molar refractivity (Wildman–Crippen MR) is 66.5 cm³/mol. The molecule has 0 atom stereocenters. The van der Waals surface area contributed by atoms with Crippen LogP contribution >= 0.6 is 0 Å². The predicted octanol–water partition coefficient (Wildman–Crippen LogP) is 2.02. The van der Waals surface area contributed by atoms with Crippen LogP contribution in [0.4, 0.5) is 4.39 Å². The van der Waals surface area contributed by atoms with Crippen LogP contribution in [0.2, 0.25) is 0 Å². The molecular formula is C14H10FN3O. The van der Waals surface area contributed by atoms with Gasteiger partial charge in [0.15, 0.2) is 0 Å². The van der Waals surface area contributed by atoms with Crippen molar-refractivity contribution in [1.29, 1.82) is 5.26 Å². The monoisotopic (exact) mass is 255 g/mol. The first kappa shape index (κ1) is 12.7. The van der Waals surface area contributed by atoms with Gasteiger partial charge in [-0.15, -0.1) is 0 Å². The summed E-state index contributed by atoms with van der Waals surface area (Å²) >= 11 is 0. The van der Waals surface area contributed by atoms with E-state index in [1.807, 2.05) is 6.07 Å². The van der Waals surface area contributed by atoms with E-state index in [1.165, 1.54) is 30.6 Å². The van der Waals surface area contributed by atoms with E-state index in [4.69, 9.17) is 5.26 Å². The fraction of sp³-hybridized carbons (Fsp3) is 0.0714. The summed E-state index contributed by atoms with van der Waals surface area (Å²) in [4.78, 5) is 15.7. The first-order chi connectivity index (χ1) is 9.20. The van der Waals surface area contributed by atoms with Crippen molar-refractivity contribution >= 4 is 5.91 Å². The molecule has 0 saturated carbocycles. The summed E-state index contributed by atoms with van der Waals surface area (Å²) < 4.78 is 12.7. The highest BCUT2D eigenvalue weighted by Crippen LogP contribution is 2.06. The van der Waals surface area contributed by atoms with E-state index in [0.717, 1.165) is 5.56 Å². The number of nitrogens with zero attached hydrogens (tertiary/aromatic N) is 2. The number of pyridine rings is 1. The zero-order valence-corrected chi connectivity index (χ0v) is 9.93. The standard InChI is InChI=1S/C14H10FN3O/c15-12-3-1-10(2-4-12)8-18-14(19)13-9-17-6-5-11(13)7-16/h1-6,9H,8H2,(H,18,19). The lowest BCUT2D eigenvalue weighted by Crippen LogP contribution is -2.23. The molecule has 0 spiro atoms. The van der Waals surface area contributed by atoms with Gasteiger partial charge in [0, 0.05) is 18.9 Å². The van der Waals surface area contributed by atoms with E-state index >= 15 is 0 Å². The summed E-state index contributed by atoms with van der Waals surface area (Å²) in [6, 6.07) is 9.24. The number of carbonyl (C=O) groups excluding carboxylic acids is 1. The van der Waals surface area contributed by atoms with Crippen molar-refractivity contribution in [1.82, 2.24) is 10.3 Å². The SMILES string of the molecule is N#Cc1ccncc1C(=O)NCc1ccc(F)cc1. The average Bonchev–Trinajstić information content (AvgIpc) is 2.46. The molecule has 2 aromatic rings. The molecule has 4 nitrogen and oxygen atoms in total. The molecule has 0 aliphatic carbocycles. The van der Waals surface area contributed by atoms with Crippen LogP contribution in [0.3, 0.4) is 0 Å². The fourth-order valence-electron chi connectivity index (χ4n) is 1.55. The number of benzene rings is 1. The Hall–Kier alpha value is -2.74. The Labute approximate surface area is 109 Å². The van der Waals surface area contributed by atoms with Crippen molar-refractivity contribution in [3.05, 3.63) is 65.2 Å².